The molecule has 0 fully saturated rings. The Morgan fingerprint density at radius 1 is 0.933 bits per heavy atom. The molecule has 0 rings (SSSR count). The third kappa shape index (κ3) is 8.88. The third-order valence-corrected chi connectivity index (χ3v) is 2.69. The minimum atomic E-state index is -0.116. The molecule has 0 heterocycles. The Bertz CT molecular complexity index is 122. The molecule has 0 saturated carbocycles. The number of hydrogen-bond donors (Lipinski definition) is 1. The average molecular weight is 215 g/mol. The van der Waals surface area contributed by atoms with Gasteiger partial charge in [-0.15, -0.1) is 0 Å². The van der Waals surface area contributed by atoms with Gasteiger partial charge in [-0.2, -0.15) is 0 Å². The Labute approximate surface area is 95.7 Å². The van der Waals surface area contributed by atoms with E-state index < -0.39 is 0 Å². The van der Waals surface area contributed by atoms with Gasteiger partial charge in [-0.05, 0) is 32.4 Å². The lowest BCUT2D eigenvalue weighted by Gasteiger charge is -2.24. The maximum Gasteiger partial charge on any atom is 0.0667 e. The van der Waals surface area contributed by atoms with E-state index in [2.05, 4.69) is 25.7 Å². The molecule has 0 bridgehead atoms. The predicted molar refractivity (Wildman–Crippen MR) is 67.2 cm³/mol. The van der Waals surface area contributed by atoms with E-state index in [0.29, 0.717) is 0 Å². The highest BCUT2D eigenvalue weighted by molar-refractivity contribution is 4.64. The van der Waals surface area contributed by atoms with Crippen LogP contribution in [0.3, 0.4) is 0 Å². The molecule has 92 valence electrons. The number of unbranched alkanes of at least 4 members (excludes halogenated alkanes) is 2. The van der Waals surface area contributed by atoms with Crippen LogP contribution in [0.25, 0.3) is 0 Å². The Hall–Kier alpha value is -0.0800. The van der Waals surface area contributed by atoms with Crippen LogP contribution < -0.4 is 0 Å². The van der Waals surface area contributed by atoms with Crippen LogP contribution in [-0.4, -0.2) is 35.7 Å². The number of hydrogen-bond acceptors (Lipinski definition) is 2. The summed E-state index contributed by atoms with van der Waals surface area (Å²) in [4.78, 5) is 2.39. The largest absolute Gasteiger partial charge is 0.392 e. The van der Waals surface area contributed by atoms with Crippen LogP contribution in [0.4, 0.5) is 0 Å². The van der Waals surface area contributed by atoms with E-state index in [-0.39, 0.29) is 6.10 Å². The summed E-state index contributed by atoms with van der Waals surface area (Å²) >= 11 is 0. The number of aliphatic hydroxyl groups is 1. The topological polar surface area (TPSA) is 23.5 Å². The molecule has 1 atom stereocenters. The molecule has 2 heteroatoms. The summed E-state index contributed by atoms with van der Waals surface area (Å²) in [6.07, 6.45) is 6.87. The Morgan fingerprint density at radius 3 is 2.00 bits per heavy atom. The smallest absolute Gasteiger partial charge is 0.0667 e. The molecular weight excluding hydrogens is 186 g/mol. The average Bonchev–Trinajstić information content (AvgIpc) is 2.19. The Balaban J connectivity index is 3.62. The van der Waals surface area contributed by atoms with Crippen LogP contribution >= 0.6 is 0 Å². The molecular formula is C13H29NO. The summed E-state index contributed by atoms with van der Waals surface area (Å²) in [5.74, 6) is 0. The second-order valence-corrected chi connectivity index (χ2v) is 4.45. The standard InChI is InChI=1S/C13H29NO/c1-4-7-8-9-13(15)12-14(10-5-2)11-6-3/h13,15H,4-12H2,1-3H3. The van der Waals surface area contributed by atoms with E-state index in [1.54, 1.807) is 0 Å². The van der Waals surface area contributed by atoms with Crippen LogP contribution in [0.2, 0.25) is 0 Å². The molecule has 15 heavy (non-hydrogen) atoms. The molecule has 0 aromatic rings. The van der Waals surface area contributed by atoms with Gasteiger partial charge in [0.1, 0.15) is 0 Å². The summed E-state index contributed by atoms with van der Waals surface area (Å²) in [6, 6.07) is 0. The van der Waals surface area contributed by atoms with Crippen molar-refractivity contribution in [2.75, 3.05) is 19.6 Å². The molecule has 2 nitrogen and oxygen atoms in total. The van der Waals surface area contributed by atoms with Crippen LogP contribution in [-0.2, 0) is 0 Å². The first-order chi connectivity index (χ1) is 7.24. The Morgan fingerprint density at radius 2 is 1.53 bits per heavy atom. The van der Waals surface area contributed by atoms with Gasteiger partial charge >= 0.3 is 0 Å². The van der Waals surface area contributed by atoms with Crippen LogP contribution in [0.15, 0.2) is 0 Å². The van der Waals surface area contributed by atoms with Gasteiger partial charge in [0.15, 0.2) is 0 Å². The van der Waals surface area contributed by atoms with Crippen molar-refractivity contribution in [3.05, 3.63) is 0 Å². The van der Waals surface area contributed by atoms with Gasteiger partial charge in [-0.25, -0.2) is 0 Å². The van der Waals surface area contributed by atoms with Gasteiger partial charge in [0.2, 0.25) is 0 Å². The molecule has 1 N–H and O–H groups in total. The van der Waals surface area contributed by atoms with Crippen molar-refractivity contribution in [2.24, 2.45) is 0 Å². The Kier molecular flexibility index (Phi) is 10.4. The summed E-state index contributed by atoms with van der Waals surface area (Å²) in [7, 11) is 0. The quantitative estimate of drug-likeness (QED) is 0.566. The molecule has 0 spiro atoms. The number of aliphatic hydroxyl groups excluding tert-OH is 1. The summed E-state index contributed by atoms with van der Waals surface area (Å²) in [5, 5.41) is 9.86. The first kappa shape index (κ1) is 14.9. The van der Waals surface area contributed by atoms with Crippen LogP contribution in [0.5, 0.6) is 0 Å². The molecule has 0 aliphatic rings. The molecule has 1 unspecified atom stereocenters. The summed E-state index contributed by atoms with van der Waals surface area (Å²) < 4.78 is 0. The van der Waals surface area contributed by atoms with E-state index in [9.17, 15) is 5.11 Å². The third-order valence-electron chi connectivity index (χ3n) is 2.69. The van der Waals surface area contributed by atoms with E-state index in [0.717, 1.165) is 26.1 Å². The van der Waals surface area contributed by atoms with Crippen molar-refractivity contribution in [1.82, 2.24) is 4.90 Å². The van der Waals surface area contributed by atoms with Crippen molar-refractivity contribution in [1.29, 1.82) is 0 Å². The molecule has 0 radical (unpaired) electrons. The highest BCUT2D eigenvalue weighted by atomic mass is 16.3. The lowest BCUT2D eigenvalue weighted by molar-refractivity contribution is 0.103. The van der Waals surface area contributed by atoms with Crippen molar-refractivity contribution in [3.8, 4) is 0 Å². The lowest BCUT2D eigenvalue weighted by atomic mass is 10.1. The highest BCUT2D eigenvalue weighted by Gasteiger charge is 2.09. The summed E-state index contributed by atoms with van der Waals surface area (Å²) in [5.41, 5.74) is 0. The monoisotopic (exact) mass is 215 g/mol. The van der Waals surface area contributed by atoms with E-state index >= 15 is 0 Å². The zero-order valence-electron chi connectivity index (χ0n) is 10.8. The molecule has 0 saturated heterocycles. The van der Waals surface area contributed by atoms with Gasteiger partial charge in [-0.3, -0.25) is 0 Å². The zero-order valence-corrected chi connectivity index (χ0v) is 10.8. The molecule has 0 aromatic carbocycles. The number of nitrogens with zero attached hydrogens (tertiary/aromatic N) is 1. The molecule has 0 amide bonds. The van der Waals surface area contributed by atoms with E-state index in [1.807, 2.05) is 0 Å². The van der Waals surface area contributed by atoms with Gasteiger partial charge in [0, 0.05) is 6.54 Å². The highest BCUT2D eigenvalue weighted by Crippen LogP contribution is 2.06. The maximum absolute atomic E-state index is 9.86. The second kappa shape index (κ2) is 10.4. The van der Waals surface area contributed by atoms with Crippen LogP contribution in [0.1, 0.15) is 59.3 Å². The minimum Gasteiger partial charge on any atom is -0.392 e. The van der Waals surface area contributed by atoms with E-state index in [1.165, 1.54) is 32.1 Å². The van der Waals surface area contributed by atoms with Crippen molar-refractivity contribution in [3.63, 3.8) is 0 Å². The SMILES string of the molecule is CCCCCC(O)CN(CCC)CCC. The number of rotatable bonds is 10. The van der Waals surface area contributed by atoms with Crippen molar-refractivity contribution < 1.29 is 5.11 Å². The fraction of sp³-hybridized carbons (Fsp3) is 1.00. The van der Waals surface area contributed by atoms with Crippen LogP contribution in [0, 0.1) is 0 Å². The second-order valence-electron chi connectivity index (χ2n) is 4.45. The van der Waals surface area contributed by atoms with Gasteiger partial charge < -0.3 is 10.0 Å². The lowest BCUT2D eigenvalue weighted by Crippen LogP contribution is -2.33. The first-order valence-corrected chi connectivity index (χ1v) is 6.64. The van der Waals surface area contributed by atoms with Gasteiger partial charge in [0.05, 0.1) is 6.10 Å². The van der Waals surface area contributed by atoms with Gasteiger partial charge in [-0.1, -0.05) is 40.0 Å². The minimum absolute atomic E-state index is 0.116. The van der Waals surface area contributed by atoms with Crippen molar-refractivity contribution >= 4 is 0 Å². The van der Waals surface area contributed by atoms with Crippen molar-refractivity contribution in [2.45, 2.75) is 65.4 Å². The summed E-state index contributed by atoms with van der Waals surface area (Å²) in [6.45, 7) is 9.72. The van der Waals surface area contributed by atoms with Gasteiger partial charge in [0.25, 0.3) is 0 Å². The van der Waals surface area contributed by atoms with E-state index in [4.69, 9.17) is 0 Å². The predicted octanol–water partition coefficient (Wildman–Crippen LogP) is 3.05. The molecule has 0 aliphatic carbocycles. The maximum atomic E-state index is 9.86. The fourth-order valence-corrected chi connectivity index (χ4v) is 1.95. The molecule has 0 aromatic heterocycles. The fourth-order valence-electron chi connectivity index (χ4n) is 1.95. The first-order valence-electron chi connectivity index (χ1n) is 6.64. The normalized spacial score (nSPS) is 13.4. The zero-order chi connectivity index (χ0) is 11.5. The molecule has 0 aliphatic heterocycles.